The molecule has 2 N–H and O–H groups in total. The molecule has 0 radical (unpaired) electrons. The van der Waals surface area contributed by atoms with Crippen LogP contribution in [0.3, 0.4) is 0 Å². The van der Waals surface area contributed by atoms with E-state index in [-0.39, 0.29) is 18.1 Å². The highest BCUT2D eigenvalue weighted by atomic mass is 35.5. The van der Waals surface area contributed by atoms with Gasteiger partial charge in [-0.25, -0.2) is 4.98 Å². The Balaban J connectivity index is 1.99. The second kappa shape index (κ2) is 5.42. The zero-order chi connectivity index (χ0) is 13.9. The van der Waals surface area contributed by atoms with Gasteiger partial charge in [-0.15, -0.1) is 0 Å². The number of hydrogen-bond acceptors (Lipinski definition) is 4. The highest BCUT2D eigenvalue weighted by molar-refractivity contribution is 6.30. The lowest BCUT2D eigenvalue weighted by atomic mass is 10.0. The van der Waals surface area contributed by atoms with Crippen LogP contribution in [0.2, 0.25) is 5.02 Å². The van der Waals surface area contributed by atoms with Gasteiger partial charge < -0.3 is 14.8 Å². The van der Waals surface area contributed by atoms with E-state index >= 15 is 0 Å². The number of halogens is 1. The number of nitrogens with one attached hydrogen (secondary N) is 1. The number of carbonyl (C=O) groups excluding carboxylic acids is 1. The monoisotopic (exact) mass is 280 g/mol. The van der Waals surface area contributed by atoms with Crippen LogP contribution in [-0.4, -0.2) is 22.5 Å². The zero-order valence-corrected chi connectivity index (χ0v) is 11.0. The predicted molar refractivity (Wildman–Crippen MR) is 69.9 cm³/mol. The molecule has 1 unspecified atom stereocenters. The molecule has 2 aromatic heterocycles. The summed E-state index contributed by atoms with van der Waals surface area (Å²) in [7, 11) is 0. The Bertz CT molecular complexity index is 550. The summed E-state index contributed by atoms with van der Waals surface area (Å²) in [5.74, 6) is 0.000336. The number of aromatic nitrogens is 1. The predicted octanol–water partition coefficient (Wildman–Crippen LogP) is 1.97. The molecule has 1 atom stereocenters. The third kappa shape index (κ3) is 3.33. The molecule has 0 fully saturated rings. The highest BCUT2D eigenvalue weighted by Gasteiger charge is 2.27. The molecule has 0 spiro atoms. The van der Waals surface area contributed by atoms with Crippen molar-refractivity contribution >= 4 is 17.5 Å². The third-order valence-corrected chi connectivity index (χ3v) is 2.83. The van der Waals surface area contributed by atoms with Crippen LogP contribution in [-0.2, 0) is 5.60 Å². The summed E-state index contributed by atoms with van der Waals surface area (Å²) in [6.07, 6.45) is 2.85. The molecule has 0 saturated carbocycles. The summed E-state index contributed by atoms with van der Waals surface area (Å²) in [6, 6.07) is 6.41. The van der Waals surface area contributed by atoms with E-state index in [1.54, 1.807) is 25.1 Å². The molecular weight excluding hydrogens is 268 g/mol. The second-order valence-electron chi connectivity index (χ2n) is 4.30. The molecule has 2 aromatic rings. The molecule has 0 bridgehead atoms. The number of aliphatic hydroxyl groups is 1. The van der Waals surface area contributed by atoms with Crippen molar-refractivity contribution in [3.8, 4) is 0 Å². The van der Waals surface area contributed by atoms with Crippen molar-refractivity contribution in [2.75, 3.05) is 6.54 Å². The molecule has 0 aromatic carbocycles. The first-order valence-corrected chi connectivity index (χ1v) is 6.03. The lowest BCUT2D eigenvalue weighted by molar-refractivity contribution is 0.0329. The van der Waals surface area contributed by atoms with Crippen molar-refractivity contribution in [1.82, 2.24) is 10.3 Å². The third-order valence-electron chi connectivity index (χ3n) is 2.61. The SMILES string of the molecule is CC(O)(CNC(=O)c1ccc(Cl)cn1)c1ccco1. The molecule has 100 valence electrons. The average Bonchev–Trinajstić information content (AvgIpc) is 2.91. The summed E-state index contributed by atoms with van der Waals surface area (Å²) in [4.78, 5) is 15.7. The molecule has 0 aliphatic carbocycles. The number of hydrogen-bond donors (Lipinski definition) is 2. The van der Waals surface area contributed by atoms with Crippen LogP contribution in [0.15, 0.2) is 41.1 Å². The van der Waals surface area contributed by atoms with Gasteiger partial charge in [0, 0.05) is 6.20 Å². The van der Waals surface area contributed by atoms with Crippen molar-refractivity contribution in [1.29, 1.82) is 0 Å². The Labute approximate surface area is 115 Å². The largest absolute Gasteiger partial charge is 0.466 e. The smallest absolute Gasteiger partial charge is 0.269 e. The fourth-order valence-electron chi connectivity index (χ4n) is 1.53. The average molecular weight is 281 g/mol. The molecule has 19 heavy (non-hydrogen) atoms. The number of rotatable bonds is 4. The second-order valence-corrected chi connectivity index (χ2v) is 4.73. The fraction of sp³-hybridized carbons (Fsp3) is 0.231. The van der Waals surface area contributed by atoms with Gasteiger partial charge >= 0.3 is 0 Å². The van der Waals surface area contributed by atoms with Crippen molar-refractivity contribution in [3.63, 3.8) is 0 Å². The molecule has 2 heterocycles. The minimum atomic E-state index is -1.27. The van der Waals surface area contributed by atoms with Crippen LogP contribution in [0.5, 0.6) is 0 Å². The van der Waals surface area contributed by atoms with Gasteiger partial charge in [-0.2, -0.15) is 0 Å². The van der Waals surface area contributed by atoms with E-state index in [0.717, 1.165) is 0 Å². The van der Waals surface area contributed by atoms with Crippen molar-refractivity contribution in [2.24, 2.45) is 0 Å². The first-order valence-electron chi connectivity index (χ1n) is 5.65. The molecule has 0 aliphatic rings. The molecule has 1 amide bonds. The topological polar surface area (TPSA) is 75.4 Å². The van der Waals surface area contributed by atoms with Gasteiger partial charge in [0.05, 0.1) is 17.8 Å². The van der Waals surface area contributed by atoms with E-state index in [2.05, 4.69) is 10.3 Å². The fourth-order valence-corrected chi connectivity index (χ4v) is 1.64. The van der Waals surface area contributed by atoms with Gasteiger partial charge in [-0.3, -0.25) is 4.79 Å². The lowest BCUT2D eigenvalue weighted by Crippen LogP contribution is -2.38. The van der Waals surface area contributed by atoms with Crippen LogP contribution in [0.25, 0.3) is 0 Å². The minimum absolute atomic E-state index is 0.0175. The van der Waals surface area contributed by atoms with Crippen molar-refractivity contribution < 1.29 is 14.3 Å². The van der Waals surface area contributed by atoms with Crippen molar-refractivity contribution in [2.45, 2.75) is 12.5 Å². The number of furan rings is 1. The quantitative estimate of drug-likeness (QED) is 0.898. The number of nitrogens with zero attached hydrogens (tertiary/aromatic N) is 1. The number of pyridine rings is 1. The molecule has 5 nitrogen and oxygen atoms in total. The van der Waals surface area contributed by atoms with E-state index in [1.807, 2.05) is 0 Å². The minimum Gasteiger partial charge on any atom is -0.466 e. The first kappa shape index (κ1) is 13.6. The first-order chi connectivity index (χ1) is 8.99. The van der Waals surface area contributed by atoms with Gasteiger partial charge in [0.2, 0.25) is 0 Å². The van der Waals surface area contributed by atoms with Crippen LogP contribution in [0, 0.1) is 0 Å². The Hall–Kier alpha value is -1.85. The molecule has 2 rings (SSSR count). The maximum atomic E-state index is 11.8. The zero-order valence-electron chi connectivity index (χ0n) is 10.3. The summed E-state index contributed by atoms with van der Waals surface area (Å²) < 4.78 is 5.12. The van der Waals surface area contributed by atoms with E-state index in [9.17, 15) is 9.90 Å². The standard InChI is InChI=1S/C13H13ClN2O3/c1-13(18,11-3-2-6-19-11)8-16-12(17)10-5-4-9(14)7-15-10/h2-7,18H,8H2,1H3,(H,16,17). The van der Waals surface area contributed by atoms with Crippen LogP contribution < -0.4 is 5.32 Å². The van der Waals surface area contributed by atoms with E-state index in [1.165, 1.54) is 18.5 Å². The van der Waals surface area contributed by atoms with Gasteiger partial charge in [0.15, 0.2) is 0 Å². The number of amides is 1. The summed E-state index contributed by atoms with van der Waals surface area (Å²) in [5.41, 5.74) is -1.04. The summed E-state index contributed by atoms with van der Waals surface area (Å²) in [5, 5.41) is 13.2. The van der Waals surface area contributed by atoms with E-state index in [4.69, 9.17) is 16.0 Å². The van der Waals surface area contributed by atoms with Crippen molar-refractivity contribution in [3.05, 3.63) is 53.2 Å². The Morgan fingerprint density at radius 1 is 1.53 bits per heavy atom. The lowest BCUT2D eigenvalue weighted by Gasteiger charge is -2.20. The Morgan fingerprint density at radius 3 is 2.89 bits per heavy atom. The van der Waals surface area contributed by atoms with Gasteiger partial charge in [0.1, 0.15) is 17.1 Å². The summed E-state index contributed by atoms with van der Waals surface area (Å²) >= 11 is 5.69. The van der Waals surface area contributed by atoms with Crippen LogP contribution >= 0.6 is 11.6 Å². The van der Waals surface area contributed by atoms with Gasteiger partial charge in [0.25, 0.3) is 5.91 Å². The Morgan fingerprint density at radius 2 is 2.32 bits per heavy atom. The number of carbonyl (C=O) groups is 1. The molecule has 0 aliphatic heterocycles. The van der Waals surface area contributed by atoms with Crippen LogP contribution in [0.4, 0.5) is 0 Å². The van der Waals surface area contributed by atoms with Crippen LogP contribution in [0.1, 0.15) is 23.2 Å². The Kier molecular flexibility index (Phi) is 3.87. The maximum absolute atomic E-state index is 11.8. The van der Waals surface area contributed by atoms with Gasteiger partial charge in [-0.05, 0) is 31.2 Å². The van der Waals surface area contributed by atoms with Gasteiger partial charge in [-0.1, -0.05) is 11.6 Å². The molecular formula is C13H13ClN2O3. The highest BCUT2D eigenvalue weighted by Crippen LogP contribution is 2.19. The maximum Gasteiger partial charge on any atom is 0.269 e. The van der Waals surface area contributed by atoms with E-state index in [0.29, 0.717) is 10.8 Å². The van der Waals surface area contributed by atoms with E-state index < -0.39 is 5.60 Å². The normalized spacial score (nSPS) is 13.8. The molecule has 0 saturated heterocycles. The molecule has 6 heteroatoms. The summed E-state index contributed by atoms with van der Waals surface area (Å²) in [6.45, 7) is 1.57.